The summed E-state index contributed by atoms with van der Waals surface area (Å²) >= 11 is 0. The van der Waals surface area contributed by atoms with Crippen molar-refractivity contribution in [3.05, 3.63) is 29.8 Å². The summed E-state index contributed by atoms with van der Waals surface area (Å²) in [7, 11) is -1.80. The van der Waals surface area contributed by atoms with E-state index in [9.17, 15) is 13.2 Å². The highest BCUT2D eigenvalue weighted by atomic mass is 35.5. The Morgan fingerprint density at radius 3 is 2.36 bits per heavy atom. The predicted molar refractivity (Wildman–Crippen MR) is 98.8 cm³/mol. The molecule has 1 fully saturated rings. The van der Waals surface area contributed by atoms with Crippen molar-refractivity contribution in [2.45, 2.75) is 17.7 Å². The van der Waals surface area contributed by atoms with Gasteiger partial charge in [0.15, 0.2) is 0 Å². The minimum Gasteiger partial charge on any atom is -0.383 e. The number of hydrogen-bond acceptors (Lipinski definition) is 5. The third kappa shape index (κ3) is 6.23. The van der Waals surface area contributed by atoms with Crippen LogP contribution in [0.15, 0.2) is 29.2 Å². The lowest BCUT2D eigenvalue weighted by molar-refractivity contribution is 0.0953. The van der Waals surface area contributed by atoms with Crippen molar-refractivity contribution in [2.24, 2.45) is 0 Å². The fourth-order valence-electron chi connectivity index (χ4n) is 2.52. The van der Waals surface area contributed by atoms with Gasteiger partial charge in [-0.3, -0.25) is 4.79 Å². The van der Waals surface area contributed by atoms with Gasteiger partial charge in [0.25, 0.3) is 5.91 Å². The van der Waals surface area contributed by atoms with Crippen LogP contribution < -0.4 is 10.6 Å². The number of nitrogens with one attached hydrogen (secondary N) is 2. The topological polar surface area (TPSA) is 87.7 Å². The molecule has 0 saturated carbocycles. The predicted octanol–water partition coefficient (Wildman–Crippen LogP) is 0.859. The molecular weight excluding hydrogens is 366 g/mol. The first-order chi connectivity index (χ1) is 11.6. The number of methoxy groups -OCH3 is 1. The van der Waals surface area contributed by atoms with E-state index in [1.807, 2.05) is 0 Å². The van der Waals surface area contributed by atoms with E-state index in [0.717, 1.165) is 19.4 Å². The van der Waals surface area contributed by atoms with Crippen LogP contribution in [0.3, 0.4) is 0 Å². The third-order valence-electron chi connectivity index (χ3n) is 3.89. The molecule has 142 valence electrons. The number of ether oxygens (including phenoxy) is 1. The Morgan fingerprint density at radius 2 is 1.76 bits per heavy atom. The number of carbonyl (C=O) groups excluding carboxylic acids is 1. The first kappa shape index (κ1) is 21.9. The molecule has 7 nitrogen and oxygen atoms in total. The van der Waals surface area contributed by atoms with Gasteiger partial charge in [0, 0.05) is 45.4 Å². The molecular formula is C16H26ClN3O4S. The Bertz CT molecular complexity index is 631. The standard InChI is InChI=1S/C16H25N3O4S.ClH/c1-23-13-10-17-8-9-18-16(20)14-4-6-15(7-5-14)24(21,22)19-11-2-3-12-19;/h4-7,17H,2-3,8-13H2,1H3,(H,18,20);1H. The molecule has 25 heavy (non-hydrogen) atoms. The average Bonchev–Trinajstić information content (AvgIpc) is 3.13. The first-order valence-electron chi connectivity index (χ1n) is 8.14. The van der Waals surface area contributed by atoms with Crippen LogP contribution in [0.4, 0.5) is 0 Å². The minimum atomic E-state index is -3.43. The maximum Gasteiger partial charge on any atom is 0.251 e. The van der Waals surface area contributed by atoms with Gasteiger partial charge in [-0.05, 0) is 37.1 Å². The van der Waals surface area contributed by atoms with E-state index in [2.05, 4.69) is 10.6 Å². The molecule has 0 aliphatic carbocycles. The molecule has 1 aliphatic heterocycles. The molecule has 0 radical (unpaired) electrons. The zero-order valence-corrected chi connectivity index (χ0v) is 16.0. The number of benzene rings is 1. The van der Waals surface area contributed by atoms with Gasteiger partial charge in [-0.2, -0.15) is 4.31 Å². The maximum atomic E-state index is 12.4. The summed E-state index contributed by atoms with van der Waals surface area (Å²) in [6, 6.07) is 6.10. The molecule has 0 atom stereocenters. The molecule has 2 rings (SSSR count). The molecule has 2 N–H and O–H groups in total. The summed E-state index contributed by atoms with van der Waals surface area (Å²) in [5.41, 5.74) is 0.451. The fraction of sp³-hybridized carbons (Fsp3) is 0.562. The normalized spacial score (nSPS) is 14.9. The van der Waals surface area contributed by atoms with Gasteiger partial charge in [0.05, 0.1) is 11.5 Å². The Balaban J connectivity index is 0.00000312. The smallest absolute Gasteiger partial charge is 0.251 e. The highest BCUT2D eigenvalue weighted by Gasteiger charge is 2.27. The molecule has 1 amide bonds. The van der Waals surface area contributed by atoms with Crippen molar-refractivity contribution < 1.29 is 17.9 Å². The second-order valence-corrected chi connectivity index (χ2v) is 7.57. The van der Waals surface area contributed by atoms with Crippen LogP contribution >= 0.6 is 12.4 Å². The van der Waals surface area contributed by atoms with Crippen molar-refractivity contribution in [2.75, 3.05) is 46.4 Å². The Kier molecular flexibility index (Phi) is 9.37. The number of nitrogens with zero attached hydrogens (tertiary/aromatic N) is 1. The van der Waals surface area contributed by atoms with Crippen molar-refractivity contribution in [3.8, 4) is 0 Å². The molecule has 0 spiro atoms. The van der Waals surface area contributed by atoms with Crippen LogP contribution in [-0.2, 0) is 14.8 Å². The van der Waals surface area contributed by atoms with Crippen LogP contribution in [0.25, 0.3) is 0 Å². The average molecular weight is 392 g/mol. The van der Waals surface area contributed by atoms with E-state index in [1.165, 1.54) is 16.4 Å². The number of carbonyl (C=O) groups is 1. The fourth-order valence-corrected chi connectivity index (χ4v) is 4.04. The molecule has 1 aromatic carbocycles. The number of halogens is 1. The molecule has 9 heteroatoms. The van der Waals surface area contributed by atoms with E-state index >= 15 is 0 Å². The van der Waals surface area contributed by atoms with Crippen LogP contribution in [-0.4, -0.2) is 65.1 Å². The lowest BCUT2D eigenvalue weighted by Gasteiger charge is -2.15. The van der Waals surface area contributed by atoms with Crippen molar-refractivity contribution in [1.82, 2.24) is 14.9 Å². The summed E-state index contributed by atoms with van der Waals surface area (Å²) in [5, 5.41) is 5.92. The summed E-state index contributed by atoms with van der Waals surface area (Å²) < 4.78 is 31.2. The SMILES string of the molecule is COCCNCCNC(=O)c1ccc(S(=O)(=O)N2CCCC2)cc1.Cl. The van der Waals surface area contributed by atoms with Gasteiger partial charge in [-0.1, -0.05) is 0 Å². The Morgan fingerprint density at radius 1 is 1.12 bits per heavy atom. The Hall–Kier alpha value is -1.19. The summed E-state index contributed by atoms with van der Waals surface area (Å²) in [6.07, 6.45) is 1.80. The molecule has 0 unspecified atom stereocenters. The van der Waals surface area contributed by atoms with Gasteiger partial charge in [-0.15, -0.1) is 12.4 Å². The van der Waals surface area contributed by atoms with Crippen LogP contribution in [0.1, 0.15) is 23.2 Å². The van der Waals surface area contributed by atoms with Crippen LogP contribution in [0, 0.1) is 0 Å². The molecule has 1 aliphatic rings. The zero-order valence-electron chi connectivity index (χ0n) is 14.4. The monoisotopic (exact) mass is 391 g/mol. The molecule has 1 saturated heterocycles. The van der Waals surface area contributed by atoms with E-state index in [-0.39, 0.29) is 23.2 Å². The Labute approximate surface area is 155 Å². The summed E-state index contributed by atoms with van der Waals surface area (Å²) in [4.78, 5) is 12.3. The lowest BCUT2D eigenvalue weighted by atomic mass is 10.2. The highest BCUT2D eigenvalue weighted by molar-refractivity contribution is 7.89. The van der Waals surface area contributed by atoms with Crippen molar-refractivity contribution in [1.29, 1.82) is 0 Å². The highest BCUT2D eigenvalue weighted by Crippen LogP contribution is 2.20. The van der Waals surface area contributed by atoms with E-state index in [4.69, 9.17) is 4.74 Å². The zero-order chi connectivity index (χ0) is 17.4. The lowest BCUT2D eigenvalue weighted by Crippen LogP contribution is -2.33. The van der Waals surface area contributed by atoms with Gasteiger partial charge in [0.2, 0.25) is 10.0 Å². The minimum absolute atomic E-state index is 0. The van der Waals surface area contributed by atoms with Crippen LogP contribution in [0.5, 0.6) is 0 Å². The van der Waals surface area contributed by atoms with Crippen molar-refractivity contribution in [3.63, 3.8) is 0 Å². The first-order valence-corrected chi connectivity index (χ1v) is 9.58. The third-order valence-corrected chi connectivity index (χ3v) is 5.80. The summed E-state index contributed by atoms with van der Waals surface area (Å²) in [6.45, 7) is 3.64. The van der Waals surface area contributed by atoms with Crippen molar-refractivity contribution >= 4 is 28.3 Å². The van der Waals surface area contributed by atoms with E-state index < -0.39 is 10.0 Å². The second-order valence-electron chi connectivity index (χ2n) is 5.63. The van der Waals surface area contributed by atoms with E-state index in [1.54, 1.807) is 19.2 Å². The summed E-state index contributed by atoms with van der Waals surface area (Å²) in [5.74, 6) is -0.214. The second kappa shape index (κ2) is 10.7. The largest absolute Gasteiger partial charge is 0.383 e. The number of amides is 1. The quantitative estimate of drug-likeness (QED) is 0.609. The number of sulfonamides is 1. The number of hydrogen-bond donors (Lipinski definition) is 2. The van der Waals surface area contributed by atoms with Gasteiger partial charge in [-0.25, -0.2) is 8.42 Å². The molecule has 0 bridgehead atoms. The molecule has 0 aromatic heterocycles. The van der Waals surface area contributed by atoms with Gasteiger partial charge in [0.1, 0.15) is 0 Å². The molecule has 1 heterocycles. The van der Waals surface area contributed by atoms with Gasteiger partial charge >= 0.3 is 0 Å². The maximum absolute atomic E-state index is 12.4. The van der Waals surface area contributed by atoms with Crippen LogP contribution in [0.2, 0.25) is 0 Å². The number of rotatable bonds is 9. The molecule has 1 aromatic rings. The van der Waals surface area contributed by atoms with Gasteiger partial charge < -0.3 is 15.4 Å². The van der Waals surface area contributed by atoms with E-state index in [0.29, 0.717) is 38.3 Å².